The van der Waals surface area contributed by atoms with Gasteiger partial charge in [0.05, 0.1) is 5.56 Å². The fourth-order valence-corrected chi connectivity index (χ4v) is 1.26. The van der Waals surface area contributed by atoms with E-state index in [9.17, 15) is 13.6 Å². The SMILES string of the molecule is C=C(Br)CNC(=O)c1ccccc1OC(F)F. The molecule has 0 radical (unpaired) electrons. The molecule has 0 aliphatic rings. The Morgan fingerprint density at radius 2 is 2.12 bits per heavy atom. The quantitative estimate of drug-likeness (QED) is 0.908. The molecule has 0 aliphatic carbocycles. The molecule has 6 heteroatoms. The van der Waals surface area contributed by atoms with E-state index in [1.807, 2.05) is 0 Å². The summed E-state index contributed by atoms with van der Waals surface area (Å²) >= 11 is 3.07. The van der Waals surface area contributed by atoms with Crippen LogP contribution in [0.4, 0.5) is 8.78 Å². The first-order valence-corrected chi connectivity index (χ1v) is 5.45. The summed E-state index contributed by atoms with van der Waals surface area (Å²) in [6.45, 7) is 0.790. The number of nitrogens with one attached hydrogen (secondary N) is 1. The molecule has 0 aliphatic heterocycles. The minimum Gasteiger partial charge on any atom is -0.434 e. The molecule has 0 atom stereocenters. The maximum Gasteiger partial charge on any atom is 0.387 e. The number of halogens is 3. The number of hydrogen-bond donors (Lipinski definition) is 1. The molecule has 1 rings (SSSR count). The molecule has 0 bridgehead atoms. The molecule has 1 amide bonds. The Kier molecular flexibility index (Phi) is 5.09. The summed E-state index contributed by atoms with van der Waals surface area (Å²) in [5.74, 6) is -0.651. The Hall–Kier alpha value is -1.43. The second-order valence-electron chi connectivity index (χ2n) is 3.07. The van der Waals surface area contributed by atoms with Crippen molar-refractivity contribution in [2.24, 2.45) is 0 Å². The van der Waals surface area contributed by atoms with E-state index >= 15 is 0 Å². The van der Waals surface area contributed by atoms with E-state index in [-0.39, 0.29) is 17.9 Å². The molecule has 0 spiro atoms. The summed E-state index contributed by atoms with van der Waals surface area (Å²) in [5.41, 5.74) is 0.0570. The zero-order chi connectivity index (χ0) is 12.8. The molecule has 3 nitrogen and oxygen atoms in total. The van der Waals surface area contributed by atoms with Gasteiger partial charge in [-0.25, -0.2) is 0 Å². The van der Waals surface area contributed by atoms with Gasteiger partial charge >= 0.3 is 6.61 Å². The smallest absolute Gasteiger partial charge is 0.387 e. The van der Waals surface area contributed by atoms with Crippen molar-refractivity contribution in [3.63, 3.8) is 0 Å². The van der Waals surface area contributed by atoms with Gasteiger partial charge in [0.25, 0.3) is 5.91 Å². The highest BCUT2D eigenvalue weighted by molar-refractivity contribution is 9.11. The molecular weight excluding hydrogens is 296 g/mol. The number of hydrogen-bond acceptors (Lipinski definition) is 2. The van der Waals surface area contributed by atoms with Crippen molar-refractivity contribution in [3.8, 4) is 5.75 Å². The third-order valence-corrected chi connectivity index (χ3v) is 2.07. The fourth-order valence-electron chi connectivity index (χ4n) is 1.12. The standard InChI is InChI=1S/C11H10BrF2NO2/c1-7(12)6-15-10(16)8-4-2-3-5-9(8)17-11(13)14/h2-5,11H,1,6H2,(H,15,16). The van der Waals surface area contributed by atoms with E-state index in [1.54, 1.807) is 6.07 Å². The molecule has 1 N–H and O–H groups in total. The summed E-state index contributed by atoms with van der Waals surface area (Å²) in [6.07, 6.45) is 0. The van der Waals surface area contributed by atoms with E-state index in [0.29, 0.717) is 4.48 Å². The second-order valence-corrected chi connectivity index (χ2v) is 4.20. The summed E-state index contributed by atoms with van der Waals surface area (Å²) < 4.78 is 29.0. The Labute approximate surface area is 106 Å². The molecule has 1 aromatic carbocycles. The summed E-state index contributed by atoms with van der Waals surface area (Å²) in [7, 11) is 0. The lowest BCUT2D eigenvalue weighted by atomic mass is 10.2. The van der Waals surface area contributed by atoms with Gasteiger partial charge in [-0.1, -0.05) is 34.6 Å². The van der Waals surface area contributed by atoms with Crippen molar-refractivity contribution in [1.82, 2.24) is 5.32 Å². The molecule has 0 fully saturated rings. The first-order chi connectivity index (χ1) is 8.00. The lowest BCUT2D eigenvalue weighted by Crippen LogP contribution is -2.25. The lowest BCUT2D eigenvalue weighted by molar-refractivity contribution is -0.0501. The van der Waals surface area contributed by atoms with Crippen LogP contribution in [-0.2, 0) is 0 Å². The molecule has 0 saturated heterocycles. The van der Waals surface area contributed by atoms with E-state index in [4.69, 9.17) is 0 Å². The van der Waals surface area contributed by atoms with Gasteiger partial charge in [-0.15, -0.1) is 0 Å². The number of carbonyl (C=O) groups excluding carboxylic acids is 1. The Bertz CT molecular complexity index is 424. The van der Waals surface area contributed by atoms with Crippen molar-refractivity contribution in [2.45, 2.75) is 6.61 Å². The molecule has 92 valence electrons. The van der Waals surface area contributed by atoms with Gasteiger partial charge in [-0.05, 0) is 12.1 Å². The summed E-state index contributed by atoms with van der Waals surface area (Å²) in [4.78, 5) is 11.7. The summed E-state index contributed by atoms with van der Waals surface area (Å²) in [5, 5.41) is 2.50. The highest BCUT2D eigenvalue weighted by Crippen LogP contribution is 2.20. The van der Waals surface area contributed by atoms with Gasteiger partial charge in [0.1, 0.15) is 5.75 Å². The van der Waals surface area contributed by atoms with E-state index in [0.717, 1.165) is 0 Å². The minimum absolute atomic E-state index is 0.0570. The highest BCUT2D eigenvalue weighted by Gasteiger charge is 2.14. The largest absolute Gasteiger partial charge is 0.434 e. The van der Waals surface area contributed by atoms with Crippen molar-refractivity contribution in [3.05, 3.63) is 40.9 Å². The van der Waals surface area contributed by atoms with Crippen LogP contribution in [0.1, 0.15) is 10.4 Å². The van der Waals surface area contributed by atoms with Gasteiger partial charge in [0.2, 0.25) is 0 Å². The Morgan fingerprint density at radius 1 is 1.47 bits per heavy atom. The Balaban J connectivity index is 2.81. The fraction of sp³-hybridized carbons (Fsp3) is 0.182. The maximum atomic E-state index is 12.1. The first kappa shape index (κ1) is 13.6. The number of benzene rings is 1. The van der Waals surface area contributed by atoms with Crippen LogP contribution in [0.25, 0.3) is 0 Å². The molecule has 0 heterocycles. The predicted octanol–water partition coefficient (Wildman–Crippen LogP) is 2.93. The van der Waals surface area contributed by atoms with Gasteiger partial charge in [-0.3, -0.25) is 4.79 Å². The second kappa shape index (κ2) is 6.34. The number of alkyl halides is 2. The zero-order valence-electron chi connectivity index (χ0n) is 8.75. The van der Waals surface area contributed by atoms with E-state index in [1.165, 1.54) is 18.2 Å². The lowest BCUT2D eigenvalue weighted by Gasteiger charge is -2.10. The molecule has 17 heavy (non-hydrogen) atoms. The van der Waals surface area contributed by atoms with Crippen LogP contribution in [0.2, 0.25) is 0 Å². The molecule has 1 aromatic rings. The molecular formula is C11H10BrF2NO2. The van der Waals surface area contributed by atoms with Crippen molar-refractivity contribution >= 4 is 21.8 Å². The van der Waals surface area contributed by atoms with Crippen molar-refractivity contribution in [1.29, 1.82) is 0 Å². The van der Waals surface area contributed by atoms with Crippen LogP contribution in [0.5, 0.6) is 5.75 Å². The van der Waals surface area contributed by atoms with Crippen LogP contribution in [0, 0.1) is 0 Å². The van der Waals surface area contributed by atoms with E-state index in [2.05, 4.69) is 32.6 Å². The maximum absolute atomic E-state index is 12.1. The molecule has 0 saturated carbocycles. The minimum atomic E-state index is -2.96. The third kappa shape index (κ3) is 4.52. The third-order valence-electron chi connectivity index (χ3n) is 1.79. The Morgan fingerprint density at radius 3 is 2.71 bits per heavy atom. The van der Waals surface area contributed by atoms with Gasteiger partial charge in [0.15, 0.2) is 0 Å². The normalized spacial score (nSPS) is 10.1. The predicted molar refractivity (Wildman–Crippen MR) is 63.5 cm³/mol. The zero-order valence-corrected chi connectivity index (χ0v) is 10.3. The molecule has 0 unspecified atom stereocenters. The van der Waals surface area contributed by atoms with Crippen LogP contribution >= 0.6 is 15.9 Å². The van der Waals surface area contributed by atoms with Crippen molar-refractivity contribution in [2.75, 3.05) is 6.54 Å². The highest BCUT2D eigenvalue weighted by atomic mass is 79.9. The number of ether oxygens (including phenoxy) is 1. The number of amides is 1. The number of carbonyl (C=O) groups is 1. The first-order valence-electron chi connectivity index (χ1n) is 4.66. The van der Waals surface area contributed by atoms with Crippen LogP contribution < -0.4 is 10.1 Å². The van der Waals surface area contributed by atoms with Crippen molar-refractivity contribution < 1.29 is 18.3 Å². The molecule has 0 aromatic heterocycles. The van der Waals surface area contributed by atoms with Gasteiger partial charge in [0, 0.05) is 11.0 Å². The van der Waals surface area contributed by atoms with Crippen LogP contribution in [0.15, 0.2) is 35.3 Å². The summed E-state index contributed by atoms with van der Waals surface area (Å²) in [6, 6.07) is 5.79. The van der Waals surface area contributed by atoms with E-state index < -0.39 is 12.5 Å². The monoisotopic (exact) mass is 305 g/mol. The van der Waals surface area contributed by atoms with Gasteiger partial charge in [-0.2, -0.15) is 8.78 Å². The van der Waals surface area contributed by atoms with Crippen LogP contribution in [-0.4, -0.2) is 19.1 Å². The van der Waals surface area contributed by atoms with Gasteiger partial charge < -0.3 is 10.1 Å². The van der Waals surface area contributed by atoms with Crippen LogP contribution in [0.3, 0.4) is 0 Å². The number of para-hydroxylation sites is 1. The average molecular weight is 306 g/mol. The average Bonchev–Trinajstić information content (AvgIpc) is 2.25. The topological polar surface area (TPSA) is 38.3 Å². The number of rotatable bonds is 5.